The summed E-state index contributed by atoms with van der Waals surface area (Å²) in [6.07, 6.45) is 13.3. The second kappa shape index (κ2) is 15.0. The van der Waals surface area contributed by atoms with Crippen molar-refractivity contribution >= 4 is 10.1 Å². The monoisotopic (exact) mass is 415 g/mol. The molecule has 0 aromatic heterocycles. The molecule has 164 valence electrons. The van der Waals surface area contributed by atoms with Gasteiger partial charge in [-0.1, -0.05) is 82.9 Å². The van der Waals surface area contributed by atoms with Crippen LogP contribution in [-0.2, 0) is 16.5 Å². The van der Waals surface area contributed by atoms with Crippen molar-refractivity contribution in [2.45, 2.75) is 102 Å². The van der Waals surface area contributed by atoms with Crippen LogP contribution in [0.4, 0.5) is 0 Å². The number of benzene rings is 1. The summed E-state index contributed by atoms with van der Waals surface area (Å²) in [5, 5.41) is 8.70. The largest absolute Gasteiger partial charge is 0.389 e. The highest BCUT2D eigenvalue weighted by Crippen LogP contribution is 2.18. The fourth-order valence-corrected chi connectivity index (χ4v) is 3.52. The van der Waals surface area contributed by atoms with Crippen molar-refractivity contribution in [3.8, 4) is 0 Å². The van der Waals surface area contributed by atoms with Crippen molar-refractivity contribution in [3.05, 3.63) is 29.8 Å². The summed E-state index contributed by atoms with van der Waals surface area (Å²) >= 11 is 0. The van der Waals surface area contributed by atoms with Gasteiger partial charge in [-0.15, -0.1) is 0 Å². The van der Waals surface area contributed by atoms with Gasteiger partial charge in [-0.05, 0) is 38.3 Å². The zero-order chi connectivity index (χ0) is 21.5. The number of aliphatic hydroxyl groups is 1. The van der Waals surface area contributed by atoms with E-state index < -0.39 is 15.7 Å². The molecule has 0 aliphatic rings. The van der Waals surface area contributed by atoms with E-state index in [1.54, 1.807) is 26.0 Å². The third-order valence-electron chi connectivity index (χ3n) is 4.55. The Morgan fingerprint density at radius 1 is 0.893 bits per heavy atom. The molecule has 0 spiro atoms. The van der Waals surface area contributed by atoms with E-state index in [1.165, 1.54) is 57.4 Å². The van der Waals surface area contributed by atoms with Gasteiger partial charge in [0.25, 0.3) is 10.1 Å². The molecule has 1 aromatic rings. The summed E-state index contributed by atoms with van der Waals surface area (Å²) in [4.78, 5) is 0.0610. The number of aryl methyl sites for hydroxylation is 1. The van der Waals surface area contributed by atoms with Gasteiger partial charge in [-0.3, -0.25) is 4.55 Å². The standard InChI is InChI=1S/C18H30O3S.C4H11NO/c1-2-3-4-5-6-7-8-9-10-11-14-17-15-12-13-16-18(17)22(19,20)21;1-4(2,6)3-5/h12-13,15-16H,2-11,14H2,1H3,(H,19,20,21);6H,3,5H2,1-2H3. The Morgan fingerprint density at radius 3 is 1.75 bits per heavy atom. The SMILES string of the molecule is CC(C)(O)CN.CCCCCCCCCCCCc1ccccc1S(=O)(=O)O. The maximum Gasteiger partial charge on any atom is 0.294 e. The first kappa shape index (κ1) is 27.0. The van der Waals surface area contributed by atoms with Crippen LogP contribution in [0.3, 0.4) is 0 Å². The Balaban J connectivity index is 0.00000105. The van der Waals surface area contributed by atoms with Crippen LogP contribution in [0.25, 0.3) is 0 Å². The maximum absolute atomic E-state index is 11.3. The highest BCUT2D eigenvalue weighted by atomic mass is 32.2. The number of unbranched alkanes of at least 4 members (excludes halogenated alkanes) is 9. The fraction of sp³-hybridized carbons (Fsp3) is 0.727. The van der Waals surface area contributed by atoms with Gasteiger partial charge in [0.15, 0.2) is 0 Å². The van der Waals surface area contributed by atoms with Crippen LogP contribution in [-0.4, -0.2) is 30.2 Å². The Hall–Kier alpha value is -0.950. The molecular weight excluding hydrogens is 374 g/mol. The van der Waals surface area contributed by atoms with E-state index in [0.29, 0.717) is 13.0 Å². The van der Waals surface area contributed by atoms with Crippen LogP contribution < -0.4 is 5.73 Å². The topological polar surface area (TPSA) is 101 Å². The van der Waals surface area contributed by atoms with E-state index in [4.69, 9.17) is 10.8 Å². The molecule has 5 nitrogen and oxygen atoms in total. The first-order valence-corrected chi connectivity index (χ1v) is 12.0. The lowest BCUT2D eigenvalue weighted by Crippen LogP contribution is -2.29. The van der Waals surface area contributed by atoms with Gasteiger partial charge < -0.3 is 10.8 Å². The average molecular weight is 416 g/mol. The number of hydrogen-bond acceptors (Lipinski definition) is 4. The zero-order valence-corrected chi connectivity index (χ0v) is 18.8. The minimum atomic E-state index is -4.10. The van der Waals surface area contributed by atoms with Gasteiger partial charge in [-0.2, -0.15) is 8.42 Å². The number of hydrogen-bond donors (Lipinski definition) is 3. The summed E-state index contributed by atoms with van der Waals surface area (Å²) in [6.45, 7) is 5.91. The van der Waals surface area contributed by atoms with Crippen molar-refractivity contribution in [2.24, 2.45) is 5.73 Å². The molecule has 0 unspecified atom stereocenters. The molecule has 0 radical (unpaired) electrons. The molecule has 0 aliphatic carbocycles. The van der Waals surface area contributed by atoms with E-state index in [9.17, 15) is 13.0 Å². The summed E-state index contributed by atoms with van der Waals surface area (Å²) in [6, 6.07) is 6.73. The lowest BCUT2D eigenvalue weighted by atomic mass is 10.0. The molecule has 4 N–H and O–H groups in total. The molecule has 0 heterocycles. The first-order valence-electron chi connectivity index (χ1n) is 10.6. The molecule has 0 aliphatic heterocycles. The van der Waals surface area contributed by atoms with Gasteiger partial charge in [0, 0.05) is 6.54 Å². The molecule has 0 fully saturated rings. The van der Waals surface area contributed by atoms with Crippen LogP contribution in [0.15, 0.2) is 29.2 Å². The Bertz CT molecular complexity index is 609. The molecule has 28 heavy (non-hydrogen) atoms. The lowest BCUT2D eigenvalue weighted by Gasteiger charge is -2.11. The van der Waals surface area contributed by atoms with Crippen molar-refractivity contribution < 1.29 is 18.1 Å². The fourth-order valence-electron chi connectivity index (χ4n) is 2.76. The number of nitrogens with two attached hydrogens (primary N) is 1. The molecule has 6 heteroatoms. The summed E-state index contributed by atoms with van der Waals surface area (Å²) in [5.74, 6) is 0. The molecule has 0 saturated carbocycles. The van der Waals surface area contributed by atoms with Gasteiger partial charge in [0.2, 0.25) is 0 Å². The minimum absolute atomic E-state index is 0.0610. The summed E-state index contributed by atoms with van der Waals surface area (Å²) < 4.78 is 31.8. The predicted molar refractivity (Wildman–Crippen MR) is 117 cm³/mol. The number of rotatable bonds is 13. The normalized spacial score (nSPS) is 11.8. The van der Waals surface area contributed by atoms with Crippen molar-refractivity contribution in [2.75, 3.05) is 6.54 Å². The molecule has 1 rings (SSSR count). The first-order chi connectivity index (χ1) is 13.1. The second-order valence-electron chi connectivity index (χ2n) is 8.03. The van der Waals surface area contributed by atoms with E-state index in [1.807, 2.05) is 6.07 Å². The third kappa shape index (κ3) is 15.0. The van der Waals surface area contributed by atoms with Crippen LogP contribution in [0.2, 0.25) is 0 Å². The van der Waals surface area contributed by atoms with E-state index in [-0.39, 0.29) is 4.90 Å². The third-order valence-corrected chi connectivity index (χ3v) is 5.50. The van der Waals surface area contributed by atoms with Crippen LogP contribution in [0.1, 0.15) is 90.5 Å². The molecule has 0 atom stereocenters. The van der Waals surface area contributed by atoms with Gasteiger partial charge in [0.05, 0.1) is 10.5 Å². The van der Waals surface area contributed by atoms with E-state index in [0.717, 1.165) is 18.4 Å². The van der Waals surface area contributed by atoms with Crippen LogP contribution in [0.5, 0.6) is 0 Å². The van der Waals surface area contributed by atoms with E-state index >= 15 is 0 Å². The minimum Gasteiger partial charge on any atom is -0.389 e. The molecule has 0 saturated heterocycles. The van der Waals surface area contributed by atoms with Gasteiger partial charge in [-0.25, -0.2) is 0 Å². The Labute approximate surface area is 172 Å². The maximum atomic E-state index is 11.3. The van der Waals surface area contributed by atoms with Crippen molar-refractivity contribution in [3.63, 3.8) is 0 Å². The summed E-state index contributed by atoms with van der Waals surface area (Å²) in [7, 11) is -4.10. The molecular formula is C22H41NO4S. The van der Waals surface area contributed by atoms with Crippen molar-refractivity contribution in [1.29, 1.82) is 0 Å². The summed E-state index contributed by atoms with van der Waals surface area (Å²) in [5.41, 5.74) is 5.10. The zero-order valence-electron chi connectivity index (χ0n) is 18.0. The van der Waals surface area contributed by atoms with E-state index in [2.05, 4.69) is 6.92 Å². The van der Waals surface area contributed by atoms with Crippen LogP contribution >= 0.6 is 0 Å². The average Bonchev–Trinajstić information content (AvgIpc) is 2.63. The molecule has 0 bridgehead atoms. The van der Waals surface area contributed by atoms with Crippen molar-refractivity contribution in [1.82, 2.24) is 0 Å². The Morgan fingerprint density at radius 2 is 1.32 bits per heavy atom. The van der Waals surface area contributed by atoms with Gasteiger partial charge >= 0.3 is 0 Å². The highest BCUT2D eigenvalue weighted by molar-refractivity contribution is 7.85. The smallest absolute Gasteiger partial charge is 0.294 e. The molecule has 0 amide bonds. The van der Waals surface area contributed by atoms with Crippen LogP contribution in [0, 0.1) is 0 Å². The second-order valence-corrected chi connectivity index (χ2v) is 9.42. The predicted octanol–water partition coefficient (Wildman–Crippen LogP) is 5.11. The highest BCUT2D eigenvalue weighted by Gasteiger charge is 2.13. The Kier molecular flexibility index (Phi) is 14.5. The quantitative estimate of drug-likeness (QED) is 0.307. The van der Waals surface area contributed by atoms with Gasteiger partial charge in [0.1, 0.15) is 0 Å². The lowest BCUT2D eigenvalue weighted by molar-refractivity contribution is 0.0898. The molecule has 1 aromatic carbocycles.